The van der Waals surface area contributed by atoms with Crippen molar-refractivity contribution >= 4 is 33.1 Å². The Hall–Kier alpha value is -0.880. The van der Waals surface area contributed by atoms with Gasteiger partial charge in [-0.1, -0.05) is 20.3 Å². The van der Waals surface area contributed by atoms with Crippen molar-refractivity contribution in [1.82, 2.24) is 14.8 Å². The van der Waals surface area contributed by atoms with E-state index in [9.17, 15) is 0 Å². The summed E-state index contributed by atoms with van der Waals surface area (Å²) >= 11 is 5.45. The Morgan fingerprint density at radius 2 is 2.45 bits per heavy atom. The van der Waals surface area contributed by atoms with Gasteiger partial charge in [-0.05, 0) is 28.8 Å². The summed E-state index contributed by atoms with van der Waals surface area (Å²) in [5, 5.41) is 11.5. The van der Waals surface area contributed by atoms with Crippen molar-refractivity contribution in [3.63, 3.8) is 0 Å². The van der Waals surface area contributed by atoms with Crippen LogP contribution in [0, 0.1) is 0 Å². The summed E-state index contributed by atoms with van der Waals surface area (Å²) in [6.07, 6.45) is 5.26. The highest BCUT2D eigenvalue weighted by atomic mass is 79.9. The van der Waals surface area contributed by atoms with Crippen LogP contribution in [-0.4, -0.2) is 21.3 Å². The minimum atomic E-state index is 0.269. The second-order valence-corrected chi connectivity index (χ2v) is 7.00. The second kappa shape index (κ2) is 5.85. The summed E-state index contributed by atoms with van der Waals surface area (Å²) in [4.78, 5) is 4.47. The molecule has 4 nitrogen and oxygen atoms in total. The number of nitrogens with zero attached hydrogens (tertiary/aromatic N) is 3. The van der Waals surface area contributed by atoms with E-state index in [2.05, 4.69) is 44.8 Å². The van der Waals surface area contributed by atoms with Crippen LogP contribution in [-0.2, 0) is 0 Å². The molecule has 0 bridgehead atoms. The zero-order chi connectivity index (χ0) is 14.1. The molecule has 108 valence electrons. The van der Waals surface area contributed by atoms with E-state index in [0.29, 0.717) is 5.92 Å². The molecule has 20 heavy (non-hydrogen) atoms. The molecule has 2 atom stereocenters. The van der Waals surface area contributed by atoms with Gasteiger partial charge < -0.3 is 5.32 Å². The average molecular weight is 355 g/mol. The van der Waals surface area contributed by atoms with E-state index >= 15 is 0 Å². The molecule has 1 N–H and O–H groups in total. The fraction of sp³-hybridized carbons (Fsp3) is 0.571. The molecule has 0 spiro atoms. The van der Waals surface area contributed by atoms with E-state index in [4.69, 9.17) is 5.10 Å². The Bertz CT molecular complexity index is 578. The average Bonchev–Trinajstić information content (AvgIpc) is 3.07. The SMILES string of the molecule is CCCC(C)c1nn2c(c1Br)NCCC2c1nccs1. The van der Waals surface area contributed by atoms with E-state index in [1.165, 1.54) is 6.42 Å². The van der Waals surface area contributed by atoms with Gasteiger partial charge in [-0.15, -0.1) is 11.3 Å². The first kappa shape index (κ1) is 14.1. The molecule has 2 unspecified atom stereocenters. The molecule has 0 radical (unpaired) electrons. The quantitative estimate of drug-likeness (QED) is 0.883. The van der Waals surface area contributed by atoms with Crippen molar-refractivity contribution in [1.29, 1.82) is 0 Å². The van der Waals surface area contributed by atoms with Crippen LogP contribution in [0.4, 0.5) is 5.82 Å². The molecule has 0 amide bonds. The van der Waals surface area contributed by atoms with Crippen molar-refractivity contribution in [2.75, 3.05) is 11.9 Å². The summed E-state index contributed by atoms with van der Waals surface area (Å²) in [5.41, 5.74) is 1.16. The zero-order valence-electron chi connectivity index (χ0n) is 11.8. The van der Waals surface area contributed by atoms with Gasteiger partial charge >= 0.3 is 0 Å². The molecule has 0 aliphatic carbocycles. The first-order valence-corrected chi connectivity index (χ1v) is 8.80. The highest BCUT2D eigenvalue weighted by Crippen LogP contribution is 2.39. The third-order valence-electron chi connectivity index (χ3n) is 3.81. The monoisotopic (exact) mass is 354 g/mol. The first-order chi connectivity index (χ1) is 9.72. The molecule has 2 aromatic heterocycles. The molecule has 6 heteroatoms. The summed E-state index contributed by atoms with van der Waals surface area (Å²) in [7, 11) is 0. The lowest BCUT2D eigenvalue weighted by molar-refractivity contribution is 0.471. The Kier molecular flexibility index (Phi) is 4.12. The number of anilines is 1. The third-order valence-corrected chi connectivity index (χ3v) is 5.47. The van der Waals surface area contributed by atoms with Crippen molar-refractivity contribution in [2.45, 2.75) is 45.1 Å². The minimum absolute atomic E-state index is 0.269. The van der Waals surface area contributed by atoms with Crippen LogP contribution in [0.5, 0.6) is 0 Å². The van der Waals surface area contributed by atoms with Gasteiger partial charge in [-0.3, -0.25) is 0 Å². The van der Waals surface area contributed by atoms with Crippen molar-refractivity contribution in [3.05, 3.63) is 26.8 Å². The number of hydrogen-bond acceptors (Lipinski definition) is 4. The van der Waals surface area contributed by atoms with Crippen molar-refractivity contribution < 1.29 is 0 Å². The van der Waals surface area contributed by atoms with Gasteiger partial charge in [0, 0.05) is 24.0 Å². The number of hydrogen-bond donors (Lipinski definition) is 1. The molecule has 3 rings (SSSR count). The van der Waals surface area contributed by atoms with E-state index in [-0.39, 0.29) is 6.04 Å². The van der Waals surface area contributed by atoms with Crippen LogP contribution in [0.1, 0.15) is 55.8 Å². The normalized spacial score (nSPS) is 19.4. The topological polar surface area (TPSA) is 42.7 Å². The summed E-state index contributed by atoms with van der Waals surface area (Å²) < 4.78 is 3.24. The Morgan fingerprint density at radius 1 is 1.60 bits per heavy atom. The molecule has 0 aromatic carbocycles. The van der Waals surface area contributed by atoms with Gasteiger partial charge in [0.25, 0.3) is 0 Å². The van der Waals surface area contributed by atoms with Crippen LogP contribution in [0.2, 0.25) is 0 Å². The van der Waals surface area contributed by atoms with Crippen LogP contribution >= 0.6 is 27.3 Å². The third kappa shape index (κ3) is 2.39. The maximum Gasteiger partial charge on any atom is 0.139 e. The zero-order valence-corrected chi connectivity index (χ0v) is 14.2. The number of thiazole rings is 1. The van der Waals surface area contributed by atoms with Crippen molar-refractivity contribution in [2.24, 2.45) is 0 Å². The van der Waals surface area contributed by atoms with E-state index in [1.807, 2.05) is 11.6 Å². The predicted octanol–water partition coefficient (Wildman–Crippen LogP) is 4.41. The lowest BCUT2D eigenvalue weighted by atomic mass is 10.0. The molecule has 2 aromatic rings. The highest BCUT2D eigenvalue weighted by molar-refractivity contribution is 9.10. The van der Waals surface area contributed by atoms with Gasteiger partial charge in [0.15, 0.2) is 0 Å². The van der Waals surface area contributed by atoms with Crippen LogP contribution in [0.15, 0.2) is 16.0 Å². The molecule has 1 aliphatic rings. The minimum Gasteiger partial charge on any atom is -0.369 e. The number of rotatable bonds is 4. The van der Waals surface area contributed by atoms with Gasteiger partial charge in [-0.25, -0.2) is 9.67 Å². The lowest BCUT2D eigenvalue weighted by Gasteiger charge is -2.24. The summed E-state index contributed by atoms with van der Waals surface area (Å²) in [6.45, 7) is 5.44. The lowest BCUT2D eigenvalue weighted by Crippen LogP contribution is -2.24. The van der Waals surface area contributed by atoms with Crippen LogP contribution in [0.25, 0.3) is 0 Å². The second-order valence-electron chi connectivity index (χ2n) is 5.28. The smallest absolute Gasteiger partial charge is 0.139 e. The van der Waals surface area contributed by atoms with Gasteiger partial charge in [0.2, 0.25) is 0 Å². The molecular weight excluding hydrogens is 336 g/mol. The van der Waals surface area contributed by atoms with Gasteiger partial charge in [-0.2, -0.15) is 5.10 Å². The Balaban J connectivity index is 2.00. The fourth-order valence-electron chi connectivity index (χ4n) is 2.78. The maximum atomic E-state index is 4.88. The molecule has 0 fully saturated rings. The summed E-state index contributed by atoms with van der Waals surface area (Å²) in [5.74, 6) is 1.58. The fourth-order valence-corrected chi connectivity index (χ4v) is 4.33. The highest BCUT2D eigenvalue weighted by Gasteiger charge is 2.29. The first-order valence-electron chi connectivity index (χ1n) is 7.13. The largest absolute Gasteiger partial charge is 0.369 e. The Labute approximate surface area is 131 Å². The van der Waals surface area contributed by atoms with E-state index < -0.39 is 0 Å². The standard InChI is InChI=1S/C14H19BrN4S/c1-3-4-9(2)12-11(15)13-16-6-5-10(19(13)18-12)14-17-7-8-20-14/h7-10,16H,3-6H2,1-2H3. The van der Waals surface area contributed by atoms with E-state index in [1.54, 1.807) is 11.3 Å². The molecular formula is C14H19BrN4S. The number of halogens is 1. The predicted molar refractivity (Wildman–Crippen MR) is 86.6 cm³/mol. The van der Waals surface area contributed by atoms with Crippen LogP contribution < -0.4 is 5.32 Å². The van der Waals surface area contributed by atoms with Gasteiger partial charge in [0.1, 0.15) is 16.9 Å². The number of aromatic nitrogens is 3. The van der Waals surface area contributed by atoms with Gasteiger partial charge in [0.05, 0.1) is 10.2 Å². The van der Waals surface area contributed by atoms with Crippen molar-refractivity contribution in [3.8, 4) is 0 Å². The molecule has 0 saturated carbocycles. The van der Waals surface area contributed by atoms with E-state index in [0.717, 1.165) is 40.4 Å². The van der Waals surface area contributed by atoms with Crippen LogP contribution in [0.3, 0.4) is 0 Å². The number of nitrogens with one attached hydrogen (secondary N) is 1. The molecule has 1 aliphatic heterocycles. The molecule has 0 saturated heterocycles. The summed E-state index contributed by atoms with van der Waals surface area (Å²) in [6, 6.07) is 0.269. The number of fused-ring (bicyclic) bond motifs is 1. The maximum absolute atomic E-state index is 4.88. The molecule has 3 heterocycles. The Morgan fingerprint density at radius 3 is 3.15 bits per heavy atom.